The van der Waals surface area contributed by atoms with Gasteiger partial charge >= 0.3 is 0 Å². The van der Waals surface area contributed by atoms with E-state index >= 15 is 0 Å². The molecule has 1 aromatic carbocycles. The quantitative estimate of drug-likeness (QED) is 0.666. The summed E-state index contributed by atoms with van der Waals surface area (Å²) in [5.41, 5.74) is 9.48. The highest BCUT2D eigenvalue weighted by molar-refractivity contribution is 5.87. The minimum absolute atomic E-state index is 0.451. The summed E-state index contributed by atoms with van der Waals surface area (Å²) >= 11 is 0. The zero-order valence-corrected chi connectivity index (χ0v) is 14.5. The number of nitrogens with two attached hydrogens (primary N) is 1. The molecule has 2 heterocycles. The number of nitrogens with zero attached hydrogens (tertiary/aromatic N) is 2. The molecule has 23 heavy (non-hydrogen) atoms. The zero-order chi connectivity index (χ0) is 16.2. The molecule has 0 radical (unpaired) electrons. The number of likely N-dealkylation sites (tertiary alicyclic amines) is 1. The third-order valence-electron chi connectivity index (χ3n) is 5.29. The van der Waals surface area contributed by atoms with Crippen LogP contribution in [0.25, 0.3) is 0 Å². The van der Waals surface area contributed by atoms with Crippen molar-refractivity contribution >= 4 is 11.9 Å². The summed E-state index contributed by atoms with van der Waals surface area (Å²) in [5.74, 6) is 0.782. The lowest BCUT2D eigenvalue weighted by atomic mass is 9.91. The average Bonchev–Trinajstić information content (AvgIpc) is 2.56. The summed E-state index contributed by atoms with van der Waals surface area (Å²) < 4.78 is 0. The van der Waals surface area contributed by atoms with Crippen molar-refractivity contribution in [2.45, 2.75) is 44.7 Å². The van der Waals surface area contributed by atoms with Gasteiger partial charge in [0.1, 0.15) is 0 Å². The van der Waals surface area contributed by atoms with Crippen molar-refractivity contribution in [1.82, 2.24) is 10.2 Å². The second kappa shape index (κ2) is 7.45. The van der Waals surface area contributed by atoms with Crippen LogP contribution in [0.2, 0.25) is 0 Å². The molecule has 0 aliphatic carbocycles. The van der Waals surface area contributed by atoms with Gasteiger partial charge in [-0.15, -0.1) is 0 Å². The monoisotopic (exact) mass is 314 g/mol. The standard InChI is InChI=1S/C19H30N4/c1-14-3-6-19(22-12-14)15-4-5-16(18(20)11-15)13-21-17-7-9-23(2)10-8-17/h4-5,11,13-14,17,19,22H,3,6-10,12,20H2,1-2H3/t14-,19+/m0/s1. The molecular formula is C19H30N4. The van der Waals surface area contributed by atoms with Gasteiger partial charge in [-0.05, 0) is 69.9 Å². The summed E-state index contributed by atoms with van der Waals surface area (Å²) in [6, 6.07) is 7.37. The van der Waals surface area contributed by atoms with E-state index in [1.165, 1.54) is 18.4 Å². The van der Waals surface area contributed by atoms with Crippen LogP contribution in [0.5, 0.6) is 0 Å². The first-order valence-corrected chi connectivity index (χ1v) is 8.96. The molecule has 4 heteroatoms. The second-order valence-corrected chi connectivity index (χ2v) is 7.34. The molecule has 0 bridgehead atoms. The van der Waals surface area contributed by atoms with Crippen molar-refractivity contribution in [3.8, 4) is 0 Å². The molecule has 1 aromatic rings. The third-order valence-corrected chi connectivity index (χ3v) is 5.29. The van der Waals surface area contributed by atoms with Crippen LogP contribution < -0.4 is 11.1 Å². The van der Waals surface area contributed by atoms with Crippen molar-refractivity contribution in [2.75, 3.05) is 32.4 Å². The van der Waals surface area contributed by atoms with Gasteiger partial charge in [0.2, 0.25) is 0 Å². The van der Waals surface area contributed by atoms with Crippen LogP contribution in [0.3, 0.4) is 0 Å². The highest BCUT2D eigenvalue weighted by Crippen LogP contribution is 2.27. The van der Waals surface area contributed by atoms with Gasteiger partial charge in [-0.3, -0.25) is 4.99 Å². The van der Waals surface area contributed by atoms with E-state index in [1.54, 1.807) is 0 Å². The Morgan fingerprint density at radius 2 is 2.00 bits per heavy atom. The van der Waals surface area contributed by atoms with Gasteiger partial charge in [0, 0.05) is 23.5 Å². The maximum absolute atomic E-state index is 6.27. The molecule has 3 rings (SSSR count). The Labute approximate surface area is 140 Å². The Hall–Kier alpha value is -1.39. The molecule has 0 spiro atoms. The highest BCUT2D eigenvalue weighted by atomic mass is 15.1. The first kappa shape index (κ1) is 16.5. The molecule has 0 amide bonds. The average molecular weight is 314 g/mol. The number of anilines is 1. The molecule has 0 aromatic heterocycles. The molecule has 4 nitrogen and oxygen atoms in total. The lowest BCUT2D eigenvalue weighted by molar-refractivity contribution is 0.257. The smallest absolute Gasteiger partial charge is 0.0524 e. The first-order valence-electron chi connectivity index (χ1n) is 8.96. The van der Waals surface area contributed by atoms with Crippen molar-refractivity contribution < 1.29 is 0 Å². The Kier molecular flexibility index (Phi) is 5.34. The number of hydrogen-bond acceptors (Lipinski definition) is 4. The van der Waals surface area contributed by atoms with Crippen LogP contribution in [0.1, 0.15) is 49.8 Å². The van der Waals surface area contributed by atoms with Gasteiger partial charge in [0.05, 0.1) is 6.04 Å². The van der Waals surface area contributed by atoms with Crippen molar-refractivity contribution in [3.63, 3.8) is 0 Å². The molecule has 3 N–H and O–H groups in total. The Morgan fingerprint density at radius 1 is 1.22 bits per heavy atom. The Bertz CT molecular complexity index is 538. The lowest BCUT2D eigenvalue weighted by Gasteiger charge is -2.28. The molecule has 0 saturated carbocycles. The topological polar surface area (TPSA) is 53.6 Å². The molecule has 2 aliphatic rings. The van der Waals surface area contributed by atoms with Crippen LogP contribution in [0.4, 0.5) is 5.69 Å². The van der Waals surface area contributed by atoms with E-state index in [1.807, 2.05) is 6.21 Å². The maximum Gasteiger partial charge on any atom is 0.0524 e. The SMILES string of the molecule is C[C@H]1CC[C@H](c2ccc(C=NC3CCN(C)CC3)c(N)c2)NC1. The number of nitrogen functional groups attached to an aromatic ring is 1. The summed E-state index contributed by atoms with van der Waals surface area (Å²) in [6.45, 7) is 5.69. The predicted molar refractivity (Wildman–Crippen MR) is 98.1 cm³/mol. The van der Waals surface area contributed by atoms with Crippen LogP contribution in [0.15, 0.2) is 23.2 Å². The van der Waals surface area contributed by atoms with Gasteiger partial charge in [-0.1, -0.05) is 19.1 Å². The molecule has 0 unspecified atom stereocenters. The van der Waals surface area contributed by atoms with Crippen molar-refractivity contribution in [3.05, 3.63) is 29.3 Å². The van der Waals surface area contributed by atoms with E-state index in [0.717, 1.165) is 49.6 Å². The lowest BCUT2D eigenvalue weighted by Crippen LogP contribution is -2.32. The van der Waals surface area contributed by atoms with E-state index in [9.17, 15) is 0 Å². The summed E-state index contributed by atoms with van der Waals surface area (Å²) in [6.07, 6.45) is 6.76. The molecule has 2 fully saturated rings. The maximum atomic E-state index is 6.27. The molecule has 2 aliphatic heterocycles. The van der Waals surface area contributed by atoms with Gasteiger partial charge in [-0.2, -0.15) is 0 Å². The summed E-state index contributed by atoms with van der Waals surface area (Å²) in [5, 5.41) is 3.63. The van der Waals surface area contributed by atoms with Crippen molar-refractivity contribution in [2.24, 2.45) is 10.9 Å². The number of hydrogen-bond donors (Lipinski definition) is 2. The fraction of sp³-hybridized carbons (Fsp3) is 0.632. The fourth-order valence-electron chi connectivity index (χ4n) is 3.54. The van der Waals surface area contributed by atoms with E-state index < -0.39 is 0 Å². The number of piperidine rings is 2. The Morgan fingerprint density at radius 3 is 2.65 bits per heavy atom. The van der Waals surface area contributed by atoms with Gasteiger partial charge in [-0.25, -0.2) is 0 Å². The van der Waals surface area contributed by atoms with Crippen LogP contribution in [-0.4, -0.2) is 43.8 Å². The first-order chi connectivity index (χ1) is 11.1. The number of benzene rings is 1. The van der Waals surface area contributed by atoms with Crippen LogP contribution in [-0.2, 0) is 0 Å². The summed E-state index contributed by atoms with van der Waals surface area (Å²) in [4.78, 5) is 7.12. The zero-order valence-electron chi connectivity index (χ0n) is 14.5. The van der Waals surface area contributed by atoms with Gasteiger partial charge in [0.25, 0.3) is 0 Å². The summed E-state index contributed by atoms with van der Waals surface area (Å²) in [7, 11) is 2.18. The second-order valence-electron chi connectivity index (χ2n) is 7.34. The van der Waals surface area contributed by atoms with Crippen LogP contribution >= 0.6 is 0 Å². The number of rotatable bonds is 3. The number of nitrogens with one attached hydrogen (secondary N) is 1. The molecule has 2 atom stereocenters. The predicted octanol–water partition coefficient (Wildman–Crippen LogP) is 2.84. The van der Waals surface area contributed by atoms with E-state index in [4.69, 9.17) is 10.7 Å². The highest BCUT2D eigenvalue weighted by Gasteiger charge is 2.19. The largest absolute Gasteiger partial charge is 0.398 e. The third kappa shape index (κ3) is 4.33. The van der Waals surface area contributed by atoms with E-state index in [0.29, 0.717) is 12.1 Å². The van der Waals surface area contributed by atoms with Gasteiger partial charge < -0.3 is 16.0 Å². The fourth-order valence-corrected chi connectivity index (χ4v) is 3.54. The number of aliphatic imine (C=N–C) groups is 1. The van der Waals surface area contributed by atoms with E-state index in [-0.39, 0.29) is 0 Å². The van der Waals surface area contributed by atoms with Gasteiger partial charge in [0.15, 0.2) is 0 Å². The minimum atomic E-state index is 0.451. The Balaban J connectivity index is 1.63. The van der Waals surface area contributed by atoms with Crippen LogP contribution in [0, 0.1) is 5.92 Å². The normalized spacial score (nSPS) is 27.6. The molecule has 2 saturated heterocycles. The minimum Gasteiger partial charge on any atom is -0.398 e. The van der Waals surface area contributed by atoms with Crippen molar-refractivity contribution in [1.29, 1.82) is 0 Å². The molecular weight excluding hydrogens is 284 g/mol. The van der Waals surface area contributed by atoms with E-state index in [2.05, 4.69) is 42.4 Å². The molecule has 126 valence electrons.